The normalized spacial score (nSPS) is 18.5. The van der Waals surface area contributed by atoms with Crippen molar-refractivity contribution in [3.63, 3.8) is 0 Å². The summed E-state index contributed by atoms with van der Waals surface area (Å²) in [5.41, 5.74) is 4.66. The molecule has 2 N–H and O–H groups in total. The molecule has 2 aliphatic heterocycles. The monoisotopic (exact) mass is 500 g/mol. The minimum Gasteiger partial charge on any atom is -0.379 e. The van der Waals surface area contributed by atoms with Crippen LogP contribution < -0.4 is 15.8 Å². The molecular formula is C27H32N8O2. The number of piperazine rings is 1. The number of likely N-dealkylation sites (N-methyl/N-ethyl adjacent to an activating group) is 1. The largest absolute Gasteiger partial charge is 0.379 e. The van der Waals surface area contributed by atoms with Crippen molar-refractivity contribution in [2.45, 2.75) is 26.3 Å². The van der Waals surface area contributed by atoms with Gasteiger partial charge in [0.2, 0.25) is 5.95 Å². The maximum absolute atomic E-state index is 13.6. The summed E-state index contributed by atoms with van der Waals surface area (Å²) in [7, 11) is 0. The predicted molar refractivity (Wildman–Crippen MR) is 145 cm³/mol. The predicted octanol–water partition coefficient (Wildman–Crippen LogP) is 3.34. The van der Waals surface area contributed by atoms with Crippen molar-refractivity contribution in [1.29, 1.82) is 0 Å². The van der Waals surface area contributed by atoms with Crippen LogP contribution in [0, 0.1) is 6.92 Å². The molecule has 1 aromatic carbocycles. The molecule has 0 amide bonds. The Morgan fingerprint density at radius 3 is 2.59 bits per heavy atom. The molecule has 0 saturated carbocycles. The van der Waals surface area contributed by atoms with Crippen LogP contribution >= 0.6 is 0 Å². The van der Waals surface area contributed by atoms with Gasteiger partial charge in [-0.15, -0.1) is 0 Å². The van der Waals surface area contributed by atoms with E-state index in [0.29, 0.717) is 36.1 Å². The molecule has 0 bridgehead atoms. The van der Waals surface area contributed by atoms with Gasteiger partial charge in [0, 0.05) is 55.7 Å². The summed E-state index contributed by atoms with van der Waals surface area (Å²) >= 11 is 0. The van der Waals surface area contributed by atoms with E-state index in [1.165, 1.54) is 5.69 Å². The maximum Gasteiger partial charge on any atom is 0.261 e. The van der Waals surface area contributed by atoms with Crippen LogP contribution in [0.4, 0.5) is 17.3 Å². The fourth-order valence-corrected chi connectivity index (χ4v) is 5.28. The van der Waals surface area contributed by atoms with Gasteiger partial charge in [-0.2, -0.15) is 10.1 Å². The Balaban J connectivity index is 1.33. The topological polar surface area (TPSA) is 104 Å². The van der Waals surface area contributed by atoms with Gasteiger partial charge in [0.05, 0.1) is 29.6 Å². The number of nitrogens with one attached hydrogen (secondary N) is 2. The molecule has 10 nitrogen and oxygen atoms in total. The summed E-state index contributed by atoms with van der Waals surface area (Å²) in [4.78, 5) is 28.1. The smallest absolute Gasteiger partial charge is 0.261 e. The number of aryl methyl sites for hydroxylation is 1. The average molecular weight is 501 g/mol. The molecule has 1 atom stereocenters. The lowest BCUT2D eigenvalue weighted by molar-refractivity contribution is 0.186. The number of aromatic nitrogens is 5. The van der Waals surface area contributed by atoms with E-state index < -0.39 is 0 Å². The highest BCUT2D eigenvalue weighted by atomic mass is 16.5. The molecule has 10 heteroatoms. The molecule has 2 fully saturated rings. The van der Waals surface area contributed by atoms with E-state index in [9.17, 15) is 4.79 Å². The quantitative estimate of drug-likeness (QED) is 0.416. The van der Waals surface area contributed by atoms with Crippen molar-refractivity contribution in [1.82, 2.24) is 29.6 Å². The van der Waals surface area contributed by atoms with Crippen LogP contribution in [0.15, 0.2) is 47.4 Å². The summed E-state index contributed by atoms with van der Waals surface area (Å²) in [5.74, 6) is 0.468. The molecule has 6 rings (SSSR count). The van der Waals surface area contributed by atoms with Gasteiger partial charge in [-0.05, 0) is 56.3 Å². The first-order valence-electron chi connectivity index (χ1n) is 13.0. The van der Waals surface area contributed by atoms with Crippen molar-refractivity contribution in [3.8, 4) is 11.3 Å². The Kier molecular flexibility index (Phi) is 6.35. The number of H-pyrrole nitrogens is 1. The van der Waals surface area contributed by atoms with Crippen molar-refractivity contribution >= 4 is 28.4 Å². The number of fused-ring (bicyclic) bond motifs is 1. The minimum atomic E-state index is -0.108. The maximum atomic E-state index is 13.6. The second kappa shape index (κ2) is 9.95. The number of anilines is 3. The van der Waals surface area contributed by atoms with E-state index in [0.717, 1.165) is 55.9 Å². The van der Waals surface area contributed by atoms with E-state index in [1.54, 1.807) is 16.8 Å². The van der Waals surface area contributed by atoms with Crippen LogP contribution in [0.3, 0.4) is 0 Å². The van der Waals surface area contributed by atoms with Gasteiger partial charge < -0.3 is 19.9 Å². The zero-order chi connectivity index (χ0) is 25.4. The van der Waals surface area contributed by atoms with Gasteiger partial charge >= 0.3 is 0 Å². The molecule has 0 radical (unpaired) electrons. The molecule has 0 unspecified atom stereocenters. The van der Waals surface area contributed by atoms with E-state index in [-0.39, 0.29) is 11.6 Å². The number of nitrogens with zero attached hydrogens (tertiary/aromatic N) is 6. The van der Waals surface area contributed by atoms with E-state index in [1.807, 2.05) is 13.0 Å². The Morgan fingerprint density at radius 2 is 1.92 bits per heavy atom. The first kappa shape index (κ1) is 23.6. The number of aromatic amines is 1. The van der Waals surface area contributed by atoms with Gasteiger partial charge in [0.25, 0.3) is 5.56 Å². The van der Waals surface area contributed by atoms with Gasteiger partial charge in [0.1, 0.15) is 5.65 Å². The number of ether oxygens (including phenoxy) is 1. The highest BCUT2D eigenvalue weighted by Gasteiger charge is 2.25. The van der Waals surface area contributed by atoms with Crippen molar-refractivity contribution in [3.05, 3.63) is 58.6 Å². The lowest BCUT2D eigenvalue weighted by Crippen LogP contribution is -2.46. The molecule has 5 heterocycles. The number of benzene rings is 1. The second-order valence-corrected chi connectivity index (χ2v) is 9.68. The molecular weight excluding hydrogens is 468 g/mol. The minimum absolute atomic E-state index is 0.0764. The molecule has 0 aliphatic carbocycles. The lowest BCUT2D eigenvalue weighted by atomic mass is 10.1. The van der Waals surface area contributed by atoms with Crippen molar-refractivity contribution < 1.29 is 4.74 Å². The summed E-state index contributed by atoms with van der Waals surface area (Å²) in [6, 6.07) is 12.0. The zero-order valence-electron chi connectivity index (χ0n) is 21.3. The van der Waals surface area contributed by atoms with Gasteiger partial charge in [0.15, 0.2) is 0 Å². The van der Waals surface area contributed by atoms with Gasteiger partial charge in [-0.3, -0.25) is 14.5 Å². The first-order chi connectivity index (χ1) is 18.1. The third-order valence-corrected chi connectivity index (χ3v) is 7.45. The Bertz CT molecular complexity index is 1430. The van der Waals surface area contributed by atoms with Crippen LogP contribution in [-0.4, -0.2) is 75.6 Å². The second-order valence-electron chi connectivity index (χ2n) is 9.68. The number of rotatable bonds is 6. The molecule has 3 aromatic heterocycles. The molecule has 2 saturated heterocycles. The van der Waals surface area contributed by atoms with Gasteiger partial charge in [-0.1, -0.05) is 6.92 Å². The van der Waals surface area contributed by atoms with Crippen LogP contribution in [0.1, 0.15) is 25.1 Å². The Labute approximate surface area is 215 Å². The number of hydrogen-bond donors (Lipinski definition) is 2. The fourth-order valence-electron chi connectivity index (χ4n) is 5.28. The van der Waals surface area contributed by atoms with Crippen LogP contribution in [0.25, 0.3) is 22.3 Å². The molecule has 4 aromatic rings. The summed E-state index contributed by atoms with van der Waals surface area (Å²) in [6.07, 6.45) is 2.41. The van der Waals surface area contributed by atoms with Crippen LogP contribution in [-0.2, 0) is 4.74 Å². The number of pyridine rings is 1. The Hall–Kier alpha value is -3.76. The lowest BCUT2D eigenvalue weighted by Gasteiger charge is -2.35. The van der Waals surface area contributed by atoms with Crippen LogP contribution in [0.5, 0.6) is 0 Å². The molecule has 192 valence electrons. The van der Waals surface area contributed by atoms with E-state index in [2.05, 4.69) is 56.5 Å². The Morgan fingerprint density at radius 1 is 1.11 bits per heavy atom. The highest BCUT2D eigenvalue weighted by molar-refractivity contribution is 5.84. The fraction of sp³-hybridized carbons (Fsp3) is 0.407. The highest BCUT2D eigenvalue weighted by Crippen LogP contribution is 2.28. The molecule has 2 aliphatic rings. The molecule has 37 heavy (non-hydrogen) atoms. The number of hydrogen-bond acceptors (Lipinski definition) is 8. The third-order valence-electron chi connectivity index (χ3n) is 7.45. The SMILES string of the molecule is CCN1CCN(c2ccc(Nc3nc(C)c4cc(-c5ccn[nH]5)c(=O)n([C@H]5CCOC5)c4n3)cc2)CC1. The van der Waals surface area contributed by atoms with Crippen molar-refractivity contribution in [2.24, 2.45) is 0 Å². The summed E-state index contributed by atoms with van der Waals surface area (Å²) in [6.45, 7) is 10.6. The first-order valence-corrected chi connectivity index (χ1v) is 13.0. The third kappa shape index (κ3) is 4.58. The van der Waals surface area contributed by atoms with E-state index >= 15 is 0 Å². The van der Waals surface area contributed by atoms with Crippen molar-refractivity contribution in [2.75, 3.05) is 56.2 Å². The molecule has 0 spiro atoms. The van der Waals surface area contributed by atoms with Gasteiger partial charge in [-0.25, -0.2) is 4.98 Å². The van der Waals surface area contributed by atoms with E-state index in [4.69, 9.17) is 14.7 Å². The zero-order valence-corrected chi connectivity index (χ0v) is 21.3. The average Bonchev–Trinajstić information content (AvgIpc) is 3.64. The van der Waals surface area contributed by atoms with Crippen LogP contribution in [0.2, 0.25) is 0 Å². The summed E-state index contributed by atoms with van der Waals surface area (Å²) in [5, 5.41) is 11.1. The summed E-state index contributed by atoms with van der Waals surface area (Å²) < 4.78 is 7.41. The standard InChI is InChI=1S/C27H32N8O2/c1-3-33-11-13-34(14-12-33)20-6-4-19(5-7-20)30-27-29-18(2)22-16-23(24-8-10-28-32-24)26(36)35(25(22)31-27)21-9-15-37-17-21/h4-8,10,16,21H,3,9,11-15,17H2,1-2H3,(H,28,32)(H,29,30,31)/t21-/m0/s1.